The number of nitrogens with zero attached hydrogens (tertiary/aromatic N) is 3. The van der Waals surface area contributed by atoms with Gasteiger partial charge in [-0.2, -0.15) is 4.31 Å². The number of amides is 1. The van der Waals surface area contributed by atoms with E-state index < -0.39 is 15.9 Å². The maximum absolute atomic E-state index is 13.0. The fraction of sp³-hybridized carbons (Fsp3) is 0.200. The van der Waals surface area contributed by atoms with Gasteiger partial charge in [0.2, 0.25) is 15.9 Å². The normalized spacial score (nSPS) is 11.8. The molecule has 2 heterocycles. The van der Waals surface area contributed by atoms with Crippen LogP contribution in [0.3, 0.4) is 0 Å². The molecule has 0 fully saturated rings. The quantitative estimate of drug-likeness (QED) is 0.466. The van der Waals surface area contributed by atoms with Gasteiger partial charge >= 0.3 is 0 Å². The summed E-state index contributed by atoms with van der Waals surface area (Å²) in [5.41, 5.74) is 5.05. The van der Waals surface area contributed by atoms with Crippen molar-refractivity contribution in [3.8, 4) is 11.3 Å². The van der Waals surface area contributed by atoms with E-state index in [-0.39, 0.29) is 11.4 Å². The van der Waals surface area contributed by atoms with Crippen LogP contribution in [0, 0.1) is 20.8 Å². The van der Waals surface area contributed by atoms with Crippen LogP contribution in [0.4, 0.5) is 5.82 Å². The topological polar surface area (TPSA) is 83.8 Å². The average Bonchev–Trinajstić information content (AvgIpc) is 3.15. The summed E-state index contributed by atoms with van der Waals surface area (Å²) in [6.45, 7) is 5.40. The number of aryl methyl sites for hydroxylation is 3. The molecule has 2 aromatic heterocycles. The second-order valence-electron chi connectivity index (χ2n) is 8.12. The van der Waals surface area contributed by atoms with E-state index in [4.69, 9.17) is 4.98 Å². The number of benzene rings is 2. The Kier molecular flexibility index (Phi) is 6.05. The van der Waals surface area contributed by atoms with E-state index in [1.165, 1.54) is 7.05 Å². The number of anilines is 1. The fourth-order valence-corrected chi connectivity index (χ4v) is 4.85. The number of hydrogen-bond donors (Lipinski definition) is 1. The number of aromatic nitrogens is 2. The molecule has 0 aliphatic carbocycles. The van der Waals surface area contributed by atoms with Crippen molar-refractivity contribution in [1.29, 1.82) is 0 Å². The summed E-state index contributed by atoms with van der Waals surface area (Å²) >= 11 is 0. The van der Waals surface area contributed by atoms with Gasteiger partial charge in [-0.15, -0.1) is 0 Å². The molecule has 4 aromatic rings. The van der Waals surface area contributed by atoms with E-state index in [0.29, 0.717) is 11.5 Å². The van der Waals surface area contributed by atoms with Crippen LogP contribution in [0.5, 0.6) is 0 Å². The van der Waals surface area contributed by atoms with Crippen LogP contribution in [0.15, 0.2) is 71.8 Å². The van der Waals surface area contributed by atoms with E-state index in [9.17, 15) is 13.2 Å². The van der Waals surface area contributed by atoms with Crippen LogP contribution in [0.1, 0.15) is 16.7 Å². The number of hydrogen-bond acceptors (Lipinski definition) is 4. The standard InChI is InChI=1S/C25H26N4O3S/c1-17-12-13-21(15-19(17)3)33(31,32)28(4)16-22(30)26-25-23(20-10-6-5-7-11-20)27-24-18(2)9-8-14-29(24)25/h5-15H,16H2,1-4H3,(H,26,30). The van der Waals surface area contributed by atoms with Crippen molar-refractivity contribution < 1.29 is 13.2 Å². The van der Waals surface area contributed by atoms with Crippen LogP contribution in [-0.2, 0) is 14.8 Å². The molecule has 0 aliphatic heterocycles. The van der Waals surface area contributed by atoms with Gasteiger partial charge in [0.15, 0.2) is 0 Å². The Morgan fingerprint density at radius 1 is 0.970 bits per heavy atom. The summed E-state index contributed by atoms with van der Waals surface area (Å²) in [5, 5.41) is 2.89. The molecule has 0 spiro atoms. The number of sulfonamides is 1. The van der Waals surface area contributed by atoms with Crippen LogP contribution in [0.2, 0.25) is 0 Å². The first-order chi connectivity index (χ1) is 15.7. The van der Waals surface area contributed by atoms with E-state index >= 15 is 0 Å². The molecule has 2 aromatic carbocycles. The molecule has 0 atom stereocenters. The molecule has 0 saturated heterocycles. The fourth-order valence-electron chi connectivity index (χ4n) is 3.63. The highest BCUT2D eigenvalue weighted by Gasteiger charge is 2.25. The first-order valence-corrected chi connectivity index (χ1v) is 12.0. The van der Waals surface area contributed by atoms with E-state index in [2.05, 4.69) is 5.32 Å². The van der Waals surface area contributed by atoms with Gasteiger partial charge in [0, 0.05) is 18.8 Å². The van der Waals surface area contributed by atoms with Gasteiger partial charge in [-0.1, -0.05) is 42.5 Å². The first-order valence-electron chi connectivity index (χ1n) is 10.5. The highest BCUT2D eigenvalue weighted by Crippen LogP contribution is 2.30. The maximum atomic E-state index is 13.0. The molecular formula is C25H26N4O3S. The number of pyridine rings is 1. The highest BCUT2D eigenvalue weighted by atomic mass is 32.2. The molecule has 1 amide bonds. The van der Waals surface area contributed by atoms with Gasteiger partial charge in [-0.25, -0.2) is 13.4 Å². The Bertz CT molecular complexity index is 1440. The second kappa shape index (κ2) is 8.80. The zero-order valence-electron chi connectivity index (χ0n) is 19.0. The molecule has 7 nitrogen and oxygen atoms in total. The lowest BCUT2D eigenvalue weighted by Crippen LogP contribution is -2.35. The maximum Gasteiger partial charge on any atom is 0.243 e. The van der Waals surface area contributed by atoms with Gasteiger partial charge in [-0.05, 0) is 55.7 Å². The van der Waals surface area contributed by atoms with Gasteiger partial charge < -0.3 is 5.32 Å². The van der Waals surface area contributed by atoms with Crippen molar-refractivity contribution in [2.75, 3.05) is 18.9 Å². The third-order valence-corrected chi connectivity index (χ3v) is 7.50. The molecule has 33 heavy (non-hydrogen) atoms. The third kappa shape index (κ3) is 4.40. The lowest BCUT2D eigenvalue weighted by molar-refractivity contribution is -0.116. The van der Waals surface area contributed by atoms with Crippen LogP contribution in [0.25, 0.3) is 16.9 Å². The zero-order valence-corrected chi connectivity index (χ0v) is 19.8. The minimum atomic E-state index is -3.81. The van der Waals surface area contributed by atoms with Crippen molar-refractivity contribution in [3.05, 3.63) is 83.6 Å². The SMILES string of the molecule is Cc1ccc(S(=O)(=O)N(C)CC(=O)Nc2c(-c3ccccc3)nc3c(C)cccn23)cc1C. The van der Waals surface area contributed by atoms with Gasteiger partial charge in [0.05, 0.1) is 11.4 Å². The third-order valence-electron chi connectivity index (χ3n) is 5.70. The zero-order chi connectivity index (χ0) is 23.8. The minimum absolute atomic E-state index is 0.163. The Balaban J connectivity index is 1.64. The number of carbonyl (C=O) groups is 1. The minimum Gasteiger partial charge on any atom is -0.309 e. The largest absolute Gasteiger partial charge is 0.309 e. The number of carbonyl (C=O) groups excluding carboxylic acids is 1. The lowest BCUT2D eigenvalue weighted by Gasteiger charge is -2.18. The Hall–Kier alpha value is -3.49. The summed E-state index contributed by atoms with van der Waals surface area (Å²) in [6.07, 6.45) is 1.83. The van der Waals surface area contributed by atoms with E-state index in [0.717, 1.165) is 32.2 Å². The Morgan fingerprint density at radius 3 is 2.39 bits per heavy atom. The molecule has 0 radical (unpaired) electrons. The van der Waals surface area contributed by atoms with Crippen LogP contribution >= 0.6 is 0 Å². The molecule has 8 heteroatoms. The number of rotatable bonds is 6. The molecule has 4 rings (SSSR count). The number of fused-ring (bicyclic) bond motifs is 1. The van der Waals surface area contributed by atoms with Gasteiger partial charge in [-0.3, -0.25) is 9.20 Å². The lowest BCUT2D eigenvalue weighted by atomic mass is 10.1. The van der Waals surface area contributed by atoms with Crippen molar-refractivity contribution in [2.45, 2.75) is 25.7 Å². The van der Waals surface area contributed by atoms with Crippen LogP contribution < -0.4 is 5.32 Å². The molecule has 1 N–H and O–H groups in total. The molecule has 0 bridgehead atoms. The van der Waals surface area contributed by atoms with E-state index in [1.54, 1.807) is 18.2 Å². The molecule has 0 saturated carbocycles. The Morgan fingerprint density at radius 2 is 1.70 bits per heavy atom. The summed E-state index contributed by atoms with van der Waals surface area (Å²) in [5.74, 6) is 0.0484. The summed E-state index contributed by atoms with van der Waals surface area (Å²) in [7, 11) is -2.41. The summed E-state index contributed by atoms with van der Waals surface area (Å²) in [4.78, 5) is 17.9. The molecule has 170 valence electrons. The van der Waals surface area contributed by atoms with Crippen molar-refractivity contribution in [1.82, 2.24) is 13.7 Å². The summed E-state index contributed by atoms with van der Waals surface area (Å²) < 4.78 is 28.9. The monoisotopic (exact) mass is 462 g/mol. The van der Waals surface area contributed by atoms with Crippen LogP contribution in [-0.4, -0.2) is 41.6 Å². The van der Waals surface area contributed by atoms with Gasteiger partial charge in [0.25, 0.3) is 0 Å². The number of nitrogens with one attached hydrogen (secondary N) is 1. The van der Waals surface area contributed by atoms with E-state index in [1.807, 2.05) is 73.8 Å². The smallest absolute Gasteiger partial charge is 0.243 e. The van der Waals surface area contributed by atoms with Crippen molar-refractivity contribution in [3.63, 3.8) is 0 Å². The molecule has 0 unspecified atom stereocenters. The number of imidazole rings is 1. The summed E-state index contributed by atoms with van der Waals surface area (Å²) in [6, 6.07) is 18.3. The predicted molar refractivity (Wildman–Crippen MR) is 130 cm³/mol. The first kappa shape index (κ1) is 22.7. The van der Waals surface area contributed by atoms with Crippen molar-refractivity contribution >= 4 is 27.4 Å². The highest BCUT2D eigenvalue weighted by molar-refractivity contribution is 7.89. The predicted octanol–water partition coefficient (Wildman–Crippen LogP) is 4.19. The Labute approximate surface area is 193 Å². The second-order valence-corrected chi connectivity index (χ2v) is 10.2. The number of likely N-dealkylation sites (N-methyl/N-ethyl adjacent to an activating group) is 1. The van der Waals surface area contributed by atoms with Gasteiger partial charge in [0.1, 0.15) is 17.2 Å². The van der Waals surface area contributed by atoms with Crippen molar-refractivity contribution in [2.24, 2.45) is 0 Å². The molecular weight excluding hydrogens is 436 g/mol. The molecule has 0 aliphatic rings. The average molecular weight is 463 g/mol.